The Bertz CT molecular complexity index is 771. The molecular weight excluding hydrogens is 330 g/mol. The number of benzene rings is 2. The highest BCUT2D eigenvalue weighted by molar-refractivity contribution is 5.93. The van der Waals surface area contributed by atoms with E-state index in [1.165, 1.54) is 0 Å². The average Bonchev–Trinajstić information content (AvgIpc) is 2.61. The van der Waals surface area contributed by atoms with Crippen LogP contribution in [0.1, 0.15) is 30.5 Å². The molecule has 0 atom stereocenters. The number of hydrogen-bond acceptors (Lipinski definition) is 4. The maximum atomic E-state index is 12.4. The van der Waals surface area contributed by atoms with Gasteiger partial charge in [0, 0.05) is 6.07 Å². The Balaban J connectivity index is 2.10. The van der Waals surface area contributed by atoms with Gasteiger partial charge in [0.2, 0.25) is 0 Å². The fourth-order valence-corrected chi connectivity index (χ4v) is 2.62. The van der Waals surface area contributed by atoms with Crippen LogP contribution < -0.4 is 19.5 Å². The smallest absolute Gasteiger partial charge is 0.262 e. The van der Waals surface area contributed by atoms with Gasteiger partial charge < -0.3 is 19.5 Å². The third-order valence-corrected chi connectivity index (χ3v) is 4.06. The van der Waals surface area contributed by atoms with Crippen LogP contribution in [0, 0.1) is 20.8 Å². The fourth-order valence-electron chi connectivity index (χ4n) is 2.62. The van der Waals surface area contributed by atoms with Crippen LogP contribution in [-0.4, -0.2) is 25.7 Å². The van der Waals surface area contributed by atoms with Gasteiger partial charge in [-0.2, -0.15) is 0 Å². The van der Waals surface area contributed by atoms with Gasteiger partial charge >= 0.3 is 0 Å². The van der Waals surface area contributed by atoms with E-state index in [1.807, 2.05) is 52.8 Å². The first-order chi connectivity index (χ1) is 12.5. The second kappa shape index (κ2) is 9.13. The molecule has 2 rings (SSSR count). The van der Waals surface area contributed by atoms with Crippen LogP contribution in [-0.2, 0) is 4.79 Å². The van der Waals surface area contributed by atoms with Crippen molar-refractivity contribution in [2.45, 2.75) is 34.6 Å². The molecule has 1 amide bonds. The highest BCUT2D eigenvalue weighted by Gasteiger charge is 2.12. The third-order valence-electron chi connectivity index (χ3n) is 4.06. The van der Waals surface area contributed by atoms with Crippen molar-refractivity contribution in [1.82, 2.24) is 0 Å². The number of anilines is 1. The summed E-state index contributed by atoms with van der Waals surface area (Å²) in [4.78, 5) is 12.4. The number of hydrogen-bond donors (Lipinski definition) is 1. The molecule has 26 heavy (non-hydrogen) atoms. The summed E-state index contributed by atoms with van der Waals surface area (Å²) in [7, 11) is 0. The first-order valence-corrected chi connectivity index (χ1v) is 8.85. The van der Waals surface area contributed by atoms with Gasteiger partial charge in [0.15, 0.2) is 6.61 Å². The van der Waals surface area contributed by atoms with Gasteiger partial charge in [-0.05, 0) is 63.4 Å². The van der Waals surface area contributed by atoms with Gasteiger partial charge in [-0.1, -0.05) is 12.1 Å². The van der Waals surface area contributed by atoms with Crippen molar-refractivity contribution in [1.29, 1.82) is 0 Å². The molecule has 0 saturated carbocycles. The van der Waals surface area contributed by atoms with Crippen LogP contribution >= 0.6 is 0 Å². The van der Waals surface area contributed by atoms with E-state index >= 15 is 0 Å². The minimum absolute atomic E-state index is 0.0738. The molecule has 2 aromatic rings. The SMILES string of the molecule is CCOc1ccc(OCC)c(NC(=O)COc2c(C)ccc(C)c2C)c1. The molecule has 1 N–H and O–H groups in total. The number of aryl methyl sites for hydroxylation is 2. The lowest BCUT2D eigenvalue weighted by Crippen LogP contribution is -2.21. The van der Waals surface area contributed by atoms with Gasteiger partial charge in [0.05, 0.1) is 18.9 Å². The van der Waals surface area contributed by atoms with Crippen molar-refractivity contribution in [2.75, 3.05) is 25.1 Å². The Kier molecular flexibility index (Phi) is 6.89. The molecule has 0 aliphatic rings. The Morgan fingerprint density at radius 2 is 1.62 bits per heavy atom. The van der Waals surface area contributed by atoms with Crippen molar-refractivity contribution >= 4 is 11.6 Å². The van der Waals surface area contributed by atoms with Gasteiger partial charge in [0.1, 0.15) is 17.2 Å². The quantitative estimate of drug-likeness (QED) is 0.759. The normalized spacial score (nSPS) is 10.3. The Hall–Kier alpha value is -2.69. The van der Waals surface area contributed by atoms with Crippen LogP contribution in [0.15, 0.2) is 30.3 Å². The zero-order chi connectivity index (χ0) is 19.1. The van der Waals surface area contributed by atoms with Crippen molar-refractivity contribution < 1.29 is 19.0 Å². The Morgan fingerprint density at radius 3 is 2.31 bits per heavy atom. The first kappa shape index (κ1) is 19.6. The molecule has 0 aliphatic carbocycles. The molecular formula is C21H27NO4. The summed E-state index contributed by atoms with van der Waals surface area (Å²) in [6, 6.07) is 9.41. The molecule has 0 aliphatic heterocycles. The van der Waals surface area contributed by atoms with E-state index < -0.39 is 0 Å². The molecule has 0 spiro atoms. The second-order valence-corrected chi connectivity index (χ2v) is 6.01. The molecule has 0 aromatic heterocycles. The Labute approximate surface area is 155 Å². The number of ether oxygens (including phenoxy) is 3. The van der Waals surface area contributed by atoms with Crippen LogP contribution in [0.2, 0.25) is 0 Å². The van der Waals surface area contributed by atoms with E-state index in [9.17, 15) is 4.79 Å². The van der Waals surface area contributed by atoms with Crippen LogP contribution in [0.25, 0.3) is 0 Å². The average molecular weight is 357 g/mol. The number of nitrogens with one attached hydrogen (secondary N) is 1. The molecule has 140 valence electrons. The van der Waals surface area contributed by atoms with Crippen molar-refractivity contribution in [2.24, 2.45) is 0 Å². The van der Waals surface area contributed by atoms with Crippen LogP contribution in [0.3, 0.4) is 0 Å². The lowest BCUT2D eigenvalue weighted by molar-refractivity contribution is -0.118. The monoisotopic (exact) mass is 357 g/mol. The van der Waals surface area contributed by atoms with Gasteiger partial charge in [-0.25, -0.2) is 0 Å². The number of rotatable bonds is 8. The second-order valence-electron chi connectivity index (χ2n) is 6.01. The number of amides is 1. The minimum Gasteiger partial charge on any atom is -0.494 e. The highest BCUT2D eigenvalue weighted by atomic mass is 16.5. The van der Waals surface area contributed by atoms with E-state index in [4.69, 9.17) is 14.2 Å². The van der Waals surface area contributed by atoms with Crippen molar-refractivity contribution in [3.8, 4) is 17.2 Å². The first-order valence-electron chi connectivity index (χ1n) is 8.85. The summed E-state index contributed by atoms with van der Waals surface area (Å²) in [6.45, 7) is 10.8. The zero-order valence-corrected chi connectivity index (χ0v) is 16.1. The minimum atomic E-state index is -0.250. The largest absolute Gasteiger partial charge is 0.494 e. The molecule has 0 radical (unpaired) electrons. The molecule has 2 aromatic carbocycles. The maximum Gasteiger partial charge on any atom is 0.262 e. The number of carbonyl (C=O) groups is 1. The summed E-state index contributed by atoms with van der Waals surface area (Å²) in [5.74, 6) is 1.79. The van der Waals surface area contributed by atoms with Gasteiger partial charge in [-0.3, -0.25) is 4.79 Å². The highest BCUT2D eigenvalue weighted by Crippen LogP contribution is 2.30. The molecule has 5 heteroatoms. The summed E-state index contributed by atoms with van der Waals surface area (Å²) in [6.07, 6.45) is 0. The van der Waals surface area contributed by atoms with Crippen molar-refractivity contribution in [3.05, 3.63) is 47.0 Å². The van der Waals surface area contributed by atoms with Gasteiger partial charge in [0.25, 0.3) is 5.91 Å². The van der Waals surface area contributed by atoms with E-state index in [1.54, 1.807) is 12.1 Å². The van der Waals surface area contributed by atoms with Crippen molar-refractivity contribution in [3.63, 3.8) is 0 Å². The zero-order valence-electron chi connectivity index (χ0n) is 16.1. The third kappa shape index (κ3) is 4.91. The fraction of sp³-hybridized carbons (Fsp3) is 0.381. The predicted molar refractivity (Wildman–Crippen MR) is 104 cm³/mol. The predicted octanol–water partition coefficient (Wildman–Crippen LogP) is 4.43. The summed E-state index contributed by atoms with van der Waals surface area (Å²) in [5, 5.41) is 2.85. The summed E-state index contributed by atoms with van der Waals surface area (Å²) in [5.41, 5.74) is 3.76. The maximum absolute atomic E-state index is 12.4. The van der Waals surface area contributed by atoms with E-state index in [0.717, 1.165) is 22.4 Å². The molecule has 0 bridgehead atoms. The van der Waals surface area contributed by atoms with Crippen LogP contribution in [0.4, 0.5) is 5.69 Å². The molecule has 0 fully saturated rings. The standard InChI is InChI=1S/C21H27NO4/c1-6-24-17-10-11-19(25-7-2)18(12-17)22-20(23)13-26-21-15(4)9-8-14(3)16(21)5/h8-12H,6-7,13H2,1-5H3,(H,22,23). The molecule has 0 saturated heterocycles. The van der Waals surface area contributed by atoms with E-state index in [-0.39, 0.29) is 12.5 Å². The lowest BCUT2D eigenvalue weighted by Gasteiger charge is -2.16. The topological polar surface area (TPSA) is 56.8 Å². The summed E-state index contributed by atoms with van der Waals surface area (Å²) >= 11 is 0. The van der Waals surface area contributed by atoms with E-state index in [0.29, 0.717) is 30.4 Å². The number of carbonyl (C=O) groups excluding carboxylic acids is 1. The molecule has 0 heterocycles. The van der Waals surface area contributed by atoms with Gasteiger partial charge in [-0.15, -0.1) is 0 Å². The molecule has 5 nitrogen and oxygen atoms in total. The summed E-state index contributed by atoms with van der Waals surface area (Å²) < 4.78 is 16.8. The lowest BCUT2D eigenvalue weighted by atomic mass is 10.1. The van der Waals surface area contributed by atoms with Crippen LogP contribution in [0.5, 0.6) is 17.2 Å². The Morgan fingerprint density at radius 1 is 0.923 bits per heavy atom. The molecule has 0 unspecified atom stereocenters. The van der Waals surface area contributed by atoms with E-state index in [2.05, 4.69) is 5.32 Å².